The van der Waals surface area contributed by atoms with Crippen molar-refractivity contribution < 1.29 is 13.2 Å². The van der Waals surface area contributed by atoms with Crippen molar-refractivity contribution in [3.8, 4) is 0 Å². The van der Waals surface area contributed by atoms with Gasteiger partial charge < -0.3 is 11.1 Å². The molecule has 0 aromatic heterocycles. The SMILES string of the molecule is Cl.NCC(NC(=O)CCCCCN=C1NS(=O)(=O)c2ccccc21)C1CC1. The summed E-state index contributed by atoms with van der Waals surface area (Å²) < 4.78 is 26.5. The van der Waals surface area contributed by atoms with E-state index in [1.165, 1.54) is 0 Å². The highest BCUT2D eigenvalue weighted by Crippen LogP contribution is 2.32. The summed E-state index contributed by atoms with van der Waals surface area (Å²) in [5.74, 6) is 1.04. The van der Waals surface area contributed by atoms with E-state index >= 15 is 0 Å². The molecule has 150 valence electrons. The average Bonchev–Trinajstić information content (AvgIpc) is 3.42. The van der Waals surface area contributed by atoms with Gasteiger partial charge in [-0.15, -0.1) is 12.4 Å². The zero-order valence-electron chi connectivity index (χ0n) is 15.2. The van der Waals surface area contributed by atoms with Gasteiger partial charge in [0, 0.05) is 31.1 Å². The first-order valence-corrected chi connectivity index (χ1v) is 10.7. The molecule has 1 aromatic rings. The number of nitrogens with two attached hydrogens (primary N) is 1. The van der Waals surface area contributed by atoms with E-state index in [0.717, 1.165) is 32.1 Å². The lowest BCUT2D eigenvalue weighted by Crippen LogP contribution is -2.41. The van der Waals surface area contributed by atoms with Gasteiger partial charge >= 0.3 is 0 Å². The third-order valence-corrected chi connectivity index (χ3v) is 6.18. The van der Waals surface area contributed by atoms with Gasteiger partial charge in [-0.2, -0.15) is 0 Å². The first kappa shape index (κ1) is 21.7. The molecular formula is C18H27ClN4O3S. The maximum atomic E-state index is 12.0. The summed E-state index contributed by atoms with van der Waals surface area (Å²) in [4.78, 5) is 16.6. The summed E-state index contributed by atoms with van der Waals surface area (Å²) >= 11 is 0. The predicted molar refractivity (Wildman–Crippen MR) is 108 cm³/mol. The summed E-state index contributed by atoms with van der Waals surface area (Å²) in [6, 6.07) is 6.96. The van der Waals surface area contributed by atoms with E-state index < -0.39 is 10.0 Å². The number of amides is 1. The van der Waals surface area contributed by atoms with E-state index in [0.29, 0.717) is 36.8 Å². The molecule has 1 saturated carbocycles. The van der Waals surface area contributed by atoms with Gasteiger partial charge in [0.2, 0.25) is 5.91 Å². The number of carbonyl (C=O) groups is 1. The van der Waals surface area contributed by atoms with Crippen molar-refractivity contribution in [1.82, 2.24) is 10.0 Å². The first-order chi connectivity index (χ1) is 12.5. The van der Waals surface area contributed by atoms with Crippen LogP contribution in [-0.4, -0.2) is 39.3 Å². The van der Waals surface area contributed by atoms with Crippen LogP contribution in [0.25, 0.3) is 0 Å². The number of aliphatic imine (C=N–C) groups is 1. The molecule has 3 rings (SSSR count). The zero-order valence-corrected chi connectivity index (χ0v) is 16.8. The van der Waals surface area contributed by atoms with Gasteiger partial charge in [0.25, 0.3) is 10.0 Å². The maximum absolute atomic E-state index is 12.0. The minimum Gasteiger partial charge on any atom is -0.352 e. The van der Waals surface area contributed by atoms with Crippen molar-refractivity contribution in [3.63, 3.8) is 0 Å². The molecule has 1 atom stereocenters. The summed E-state index contributed by atoms with van der Waals surface area (Å²) in [5.41, 5.74) is 6.32. The molecule has 1 unspecified atom stereocenters. The van der Waals surface area contributed by atoms with Crippen LogP contribution in [0.1, 0.15) is 44.1 Å². The molecule has 9 heteroatoms. The van der Waals surface area contributed by atoms with E-state index in [1.807, 2.05) is 0 Å². The Morgan fingerprint density at radius 3 is 2.70 bits per heavy atom. The minimum atomic E-state index is -3.47. The predicted octanol–water partition coefficient (Wildman–Crippen LogP) is 1.56. The lowest BCUT2D eigenvalue weighted by atomic mass is 10.1. The molecule has 2 aliphatic rings. The number of benzene rings is 1. The third-order valence-electron chi connectivity index (χ3n) is 4.79. The monoisotopic (exact) mass is 414 g/mol. The standard InChI is InChI=1S/C18H26N4O3S.ClH/c19-12-15(13-9-10-13)21-17(23)8-2-1-5-11-20-18-14-6-3-4-7-16(14)26(24,25)22-18;/h3-4,6-7,13,15H,1-2,5,8-12,19H2,(H,20,22)(H,21,23);1H. The van der Waals surface area contributed by atoms with Crippen LogP contribution < -0.4 is 15.8 Å². The Labute approximate surface area is 166 Å². The molecule has 1 heterocycles. The minimum absolute atomic E-state index is 0. The van der Waals surface area contributed by atoms with E-state index in [4.69, 9.17) is 5.73 Å². The largest absolute Gasteiger partial charge is 0.352 e. The van der Waals surface area contributed by atoms with Crippen LogP contribution in [0.4, 0.5) is 0 Å². The van der Waals surface area contributed by atoms with Crippen LogP contribution in [0.15, 0.2) is 34.2 Å². The summed E-state index contributed by atoms with van der Waals surface area (Å²) in [6.07, 6.45) is 5.29. The van der Waals surface area contributed by atoms with Crippen molar-refractivity contribution in [2.75, 3.05) is 13.1 Å². The van der Waals surface area contributed by atoms with Crippen LogP contribution >= 0.6 is 12.4 Å². The molecule has 0 bridgehead atoms. The Hall–Kier alpha value is -1.64. The molecule has 1 fully saturated rings. The summed E-state index contributed by atoms with van der Waals surface area (Å²) in [7, 11) is -3.47. The number of fused-ring (bicyclic) bond motifs is 1. The van der Waals surface area contributed by atoms with Crippen LogP contribution in [0, 0.1) is 5.92 Å². The van der Waals surface area contributed by atoms with Gasteiger partial charge in [-0.25, -0.2) is 8.42 Å². The number of carbonyl (C=O) groups excluding carboxylic acids is 1. The fraction of sp³-hybridized carbons (Fsp3) is 0.556. The number of nitrogens with zero attached hydrogens (tertiary/aromatic N) is 1. The molecule has 0 spiro atoms. The number of rotatable bonds is 9. The van der Waals surface area contributed by atoms with Crippen LogP contribution in [0.2, 0.25) is 0 Å². The van der Waals surface area contributed by atoms with Crippen LogP contribution in [0.5, 0.6) is 0 Å². The molecule has 4 N–H and O–H groups in total. The Morgan fingerprint density at radius 1 is 1.26 bits per heavy atom. The highest BCUT2D eigenvalue weighted by atomic mass is 35.5. The Balaban J connectivity index is 0.00000261. The number of sulfonamides is 1. The highest BCUT2D eigenvalue weighted by molar-refractivity contribution is 7.90. The van der Waals surface area contributed by atoms with Crippen molar-refractivity contribution >= 4 is 34.2 Å². The molecular weight excluding hydrogens is 388 g/mol. The third kappa shape index (κ3) is 5.67. The normalized spacial score (nSPS) is 19.7. The summed E-state index contributed by atoms with van der Waals surface area (Å²) in [6.45, 7) is 1.03. The Kier molecular flexibility index (Phi) is 7.64. The zero-order chi connectivity index (χ0) is 18.6. The van der Waals surface area contributed by atoms with E-state index in [-0.39, 0.29) is 29.3 Å². The first-order valence-electron chi connectivity index (χ1n) is 9.17. The van der Waals surface area contributed by atoms with Gasteiger partial charge in [-0.1, -0.05) is 18.6 Å². The van der Waals surface area contributed by atoms with Gasteiger partial charge in [0.05, 0.1) is 4.90 Å². The lowest BCUT2D eigenvalue weighted by Gasteiger charge is -2.15. The number of unbranched alkanes of at least 4 members (excludes halogenated alkanes) is 2. The smallest absolute Gasteiger partial charge is 0.263 e. The average molecular weight is 415 g/mol. The molecule has 27 heavy (non-hydrogen) atoms. The number of amidine groups is 1. The van der Waals surface area contributed by atoms with Gasteiger partial charge in [0.15, 0.2) is 0 Å². The topological polar surface area (TPSA) is 114 Å². The lowest BCUT2D eigenvalue weighted by molar-refractivity contribution is -0.122. The Bertz CT molecular complexity index is 794. The highest BCUT2D eigenvalue weighted by Gasteiger charge is 2.31. The Morgan fingerprint density at radius 2 is 2.00 bits per heavy atom. The quantitative estimate of drug-likeness (QED) is 0.532. The molecule has 1 aliphatic heterocycles. The second-order valence-electron chi connectivity index (χ2n) is 6.89. The molecule has 1 aliphatic carbocycles. The van der Waals surface area contributed by atoms with Crippen molar-refractivity contribution in [3.05, 3.63) is 29.8 Å². The van der Waals surface area contributed by atoms with E-state index in [9.17, 15) is 13.2 Å². The second-order valence-corrected chi connectivity index (χ2v) is 8.54. The molecule has 1 amide bonds. The van der Waals surface area contributed by atoms with Crippen LogP contribution in [-0.2, 0) is 14.8 Å². The fourth-order valence-corrected chi connectivity index (χ4v) is 4.41. The van der Waals surface area contributed by atoms with Gasteiger partial charge in [0.1, 0.15) is 5.84 Å². The van der Waals surface area contributed by atoms with Gasteiger partial charge in [-0.05, 0) is 43.7 Å². The van der Waals surface area contributed by atoms with Gasteiger partial charge in [-0.3, -0.25) is 14.5 Å². The van der Waals surface area contributed by atoms with Crippen molar-refractivity contribution in [1.29, 1.82) is 0 Å². The van der Waals surface area contributed by atoms with E-state index in [1.54, 1.807) is 24.3 Å². The number of hydrogen-bond donors (Lipinski definition) is 3. The molecule has 0 radical (unpaired) electrons. The van der Waals surface area contributed by atoms with Crippen molar-refractivity contribution in [2.45, 2.75) is 49.5 Å². The molecule has 0 saturated heterocycles. The second kappa shape index (κ2) is 9.52. The maximum Gasteiger partial charge on any atom is 0.263 e. The molecule has 1 aromatic carbocycles. The fourth-order valence-electron chi connectivity index (χ4n) is 3.16. The van der Waals surface area contributed by atoms with Crippen LogP contribution in [0.3, 0.4) is 0 Å². The number of halogens is 1. The number of nitrogens with one attached hydrogen (secondary N) is 2. The number of hydrogen-bond acceptors (Lipinski definition) is 5. The van der Waals surface area contributed by atoms with Crippen molar-refractivity contribution in [2.24, 2.45) is 16.6 Å². The molecule has 7 nitrogen and oxygen atoms in total. The van der Waals surface area contributed by atoms with E-state index in [2.05, 4.69) is 15.0 Å². The summed E-state index contributed by atoms with van der Waals surface area (Å²) in [5, 5.41) is 3.02.